The Balaban J connectivity index is 2.60. The predicted octanol–water partition coefficient (Wildman–Crippen LogP) is 1.88. The van der Waals surface area contributed by atoms with E-state index in [9.17, 15) is 9.59 Å². The van der Waals surface area contributed by atoms with Crippen LogP contribution >= 0.6 is 0 Å². The summed E-state index contributed by atoms with van der Waals surface area (Å²) in [7, 11) is 0. The number of amides is 1. The van der Waals surface area contributed by atoms with E-state index in [0.29, 0.717) is 17.9 Å². The van der Waals surface area contributed by atoms with Crippen molar-refractivity contribution in [3.63, 3.8) is 0 Å². The first-order chi connectivity index (χ1) is 8.54. The molecule has 0 aliphatic carbocycles. The molecule has 4 heteroatoms. The SMILES string of the molecule is C=CCNC(=O)COc1ccc(C(C)=O)cc1C. The number of hydrogen-bond acceptors (Lipinski definition) is 3. The standard InChI is InChI=1S/C14H17NO3/c1-4-7-15-14(17)9-18-13-6-5-12(11(3)16)8-10(13)2/h4-6,8H,1,7,9H2,2-3H3,(H,15,17). The molecule has 0 aliphatic rings. The van der Waals surface area contributed by atoms with Crippen LogP contribution in [0.4, 0.5) is 0 Å². The van der Waals surface area contributed by atoms with Gasteiger partial charge in [0, 0.05) is 12.1 Å². The molecule has 0 unspecified atom stereocenters. The van der Waals surface area contributed by atoms with E-state index >= 15 is 0 Å². The summed E-state index contributed by atoms with van der Waals surface area (Å²) >= 11 is 0. The van der Waals surface area contributed by atoms with Gasteiger partial charge < -0.3 is 10.1 Å². The Morgan fingerprint density at radius 2 is 2.17 bits per heavy atom. The Labute approximate surface area is 107 Å². The summed E-state index contributed by atoms with van der Waals surface area (Å²) < 4.78 is 5.37. The summed E-state index contributed by atoms with van der Waals surface area (Å²) in [6.45, 7) is 7.23. The van der Waals surface area contributed by atoms with E-state index in [0.717, 1.165) is 5.56 Å². The lowest BCUT2D eigenvalue weighted by Crippen LogP contribution is -2.28. The maximum Gasteiger partial charge on any atom is 0.258 e. The van der Waals surface area contributed by atoms with Crippen LogP contribution in [0.3, 0.4) is 0 Å². The van der Waals surface area contributed by atoms with Gasteiger partial charge in [0.15, 0.2) is 12.4 Å². The van der Waals surface area contributed by atoms with Gasteiger partial charge in [0.2, 0.25) is 0 Å². The summed E-state index contributed by atoms with van der Waals surface area (Å²) in [4.78, 5) is 22.5. The number of aryl methyl sites for hydroxylation is 1. The van der Waals surface area contributed by atoms with Crippen LogP contribution in [0.25, 0.3) is 0 Å². The predicted molar refractivity (Wildman–Crippen MR) is 69.9 cm³/mol. The van der Waals surface area contributed by atoms with Crippen molar-refractivity contribution in [2.75, 3.05) is 13.2 Å². The Bertz CT molecular complexity index is 466. The molecule has 0 spiro atoms. The lowest BCUT2D eigenvalue weighted by molar-refractivity contribution is -0.122. The average molecular weight is 247 g/mol. The number of carbonyl (C=O) groups excluding carboxylic acids is 2. The molecule has 96 valence electrons. The van der Waals surface area contributed by atoms with Gasteiger partial charge in [0.25, 0.3) is 5.91 Å². The topological polar surface area (TPSA) is 55.4 Å². The number of nitrogens with one attached hydrogen (secondary N) is 1. The Kier molecular flexibility index (Phi) is 5.11. The molecule has 1 amide bonds. The summed E-state index contributed by atoms with van der Waals surface area (Å²) in [5.74, 6) is 0.409. The molecular weight excluding hydrogens is 230 g/mol. The van der Waals surface area contributed by atoms with Crippen molar-refractivity contribution < 1.29 is 14.3 Å². The third-order valence-electron chi connectivity index (χ3n) is 2.38. The summed E-state index contributed by atoms with van der Waals surface area (Å²) in [6, 6.07) is 5.14. The van der Waals surface area contributed by atoms with Crippen LogP contribution in [0.5, 0.6) is 5.75 Å². The molecule has 0 radical (unpaired) electrons. The normalized spacial score (nSPS) is 9.67. The van der Waals surface area contributed by atoms with Crippen molar-refractivity contribution >= 4 is 11.7 Å². The molecular formula is C14H17NO3. The van der Waals surface area contributed by atoms with Gasteiger partial charge in [-0.05, 0) is 37.6 Å². The summed E-state index contributed by atoms with van der Waals surface area (Å²) in [6.07, 6.45) is 1.60. The van der Waals surface area contributed by atoms with Crippen molar-refractivity contribution in [1.29, 1.82) is 0 Å². The first-order valence-electron chi connectivity index (χ1n) is 5.66. The smallest absolute Gasteiger partial charge is 0.258 e. The van der Waals surface area contributed by atoms with E-state index in [1.807, 2.05) is 6.92 Å². The van der Waals surface area contributed by atoms with Gasteiger partial charge in [-0.25, -0.2) is 0 Å². The molecule has 1 rings (SSSR count). The molecule has 1 aromatic rings. The lowest BCUT2D eigenvalue weighted by Gasteiger charge is -2.09. The molecule has 1 aromatic carbocycles. The highest BCUT2D eigenvalue weighted by Gasteiger charge is 2.06. The van der Waals surface area contributed by atoms with Gasteiger partial charge in [-0.2, -0.15) is 0 Å². The fourth-order valence-electron chi connectivity index (χ4n) is 1.41. The number of ether oxygens (including phenoxy) is 1. The quantitative estimate of drug-likeness (QED) is 0.617. The van der Waals surface area contributed by atoms with Gasteiger partial charge in [0.05, 0.1) is 0 Å². The minimum absolute atomic E-state index is 0.00776. The van der Waals surface area contributed by atoms with Crippen LogP contribution in [-0.4, -0.2) is 24.8 Å². The van der Waals surface area contributed by atoms with Gasteiger partial charge >= 0.3 is 0 Å². The monoisotopic (exact) mass is 247 g/mol. The average Bonchev–Trinajstić information content (AvgIpc) is 2.34. The van der Waals surface area contributed by atoms with Gasteiger partial charge in [-0.3, -0.25) is 9.59 Å². The molecule has 0 atom stereocenters. The second-order valence-corrected chi connectivity index (χ2v) is 3.92. The zero-order valence-corrected chi connectivity index (χ0v) is 10.7. The Hall–Kier alpha value is -2.10. The molecule has 0 saturated carbocycles. The third kappa shape index (κ3) is 4.05. The molecule has 0 fully saturated rings. The molecule has 0 saturated heterocycles. The number of ketones is 1. The molecule has 18 heavy (non-hydrogen) atoms. The van der Waals surface area contributed by atoms with Crippen LogP contribution in [0.1, 0.15) is 22.8 Å². The highest BCUT2D eigenvalue weighted by Crippen LogP contribution is 2.19. The zero-order valence-electron chi connectivity index (χ0n) is 10.7. The van der Waals surface area contributed by atoms with Crippen LogP contribution in [-0.2, 0) is 4.79 Å². The molecule has 4 nitrogen and oxygen atoms in total. The van der Waals surface area contributed by atoms with E-state index in [4.69, 9.17) is 4.74 Å². The van der Waals surface area contributed by atoms with Crippen molar-refractivity contribution in [2.45, 2.75) is 13.8 Å². The van der Waals surface area contributed by atoms with Gasteiger partial charge in [-0.15, -0.1) is 6.58 Å². The van der Waals surface area contributed by atoms with E-state index in [-0.39, 0.29) is 18.3 Å². The number of benzene rings is 1. The maximum atomic E-state index is 11.3. The zero-order chi connectivity index (χ0) is 13.5. The molecule has 0 aliphatic heterocycles. The molecule has 1 N–H and O–H groups in total. The van der Waals surface area contributed by atoms with Crippen molar-refractivity contribution in [3.05, 3.63) is 42.0 Å². The van der Waals surface area contributed by atoms with E-state index < -0.39 is 0 Å². The lowest BCUT2D eigenvalue weighted by atomic mass is 10.1. The summed E-state index contributed by atoms with van der Waals surface area (Å²) in [5.41, 5.74) is 1.47. The van der Waals surface area contributed by atoms with Gasteiger partial charge in [0.1, 0.15) is 5.75 Å². The highest BCUT2D eigenvalue weighted by molar-refractivity contribution is 5.94. The summed E-state index contributed by atoms with van der Waals surface area (Å²) in [5, 5.41) is 2.62. The number of hydrogen-bond donors (Lipinski definition) is 1. The number of Topliss-reactive ketones (excluding diaryl/α,β-unsaturated/α-hetero) is 1. The first-order valence-corrected chi connectivity index (χ1v) is 5.66. The minimum Gasteiger partial charge on any atom is -0.484 e. The first kappa shape index (κ1) is 14.0. The molecule has 0 bridgehead atoms. The van der Waals surface area contributed by atoms with E-state index in [2.05, 4.69) is 11.9 Å². The Morgan fingerprint density at radius 3 is 2.72 bits per heavy atom. The van der Waals surface area contributed by atoms with E-state index in [1.54, 1.807) is 24.3 Å². The Morgan fingerprint density at radius 1 is 1.44 bits per heavy atom. The largest absolute Gasteiger partial charge is 0.484 e. The van der Waals surface area contributed by atoms with E-state index in [1.165, 1.54) is 6.92 Å². The van der Waals surface area contributed by atoms with Crippen LogP contribution in [0.15, 0.2) is 30.9 Å². The molecule has 0 heterocycles. The molecule has 0 aromatic heterocycles. The van der Waals surface area contributed by atoms with Crippen molar-refractivity contribution in [1.82, 2.24) is 5.32 Å². The van der Waals surface area contributed by atoms with Crippen LogP contribution in [0, 0.1) is 6.92 Å². The van der Waals surface area contributed by atoms with Crippen LogP contribution < -0.4 is 10.1 Å². The highest BCUT2D eigenvalue weighted by atomic mass is 16.5. The van der Waals surface area contributed by atoms with Crippen molar-refractivity contribution in [3.8, 4) is 5.75 Å². The third-order valence-corrected chi connectivity index (χ3v) is 2.38. The number of carbonyl (C=O) groups is 2. The van der Waals surface area contributed by atoms with Gasteiger partial charge in [-0.1, -0.05) is 6.08 Å². The fourth-order valence-corrected chi connectivity index (χ4v) is 1.41. The maximum absolute atomic E-state index is 11.3. The second-order valence-electron chi connectivity index (χ2n) is 3.92. The number of rotatable bonds is 6. The second kappa shape index (κ2) is 6.59. The van der Waals surface area contributed by atoms with Crippen LogP contribution in [0.2, 0.25) is 0 Å². The fraction of sp³-hybridized carbons (Fsp3) is 0.286. The van der Waals surface area contributed by atoms with Crippen molar-refractivity contribution in [2.24, 2.45) is 0 Å². The minimum atomic E-state index is -0.204.